The van der Waals surface area contributed by atoms with Gasteiger partial charge in [0.1, 0.15) is 29.1 Å². The van der Waals surface area contributed by atoms with Crippen LogP contribution >= 0.6 is 0 Å². The zero-order valence-electron chi connectivity index (χ0n) is 26.8. The first-order valence-electron chi connectivity index (χ1n) is 16.2. The molecular formula is C41H29F9. The van der Waals surface area contributed by atoms with Gasteiger partial charge in [0.15, 0.2) is 5.82 Å². The number of alkyl halides is 3. The molecule has 0 bridgehead atoms. The maximum atomic E-state index is 15.7. The number of fused-ring (bicyclic) bond motifs is 3. The van der Waals surface area contributed by atoms with E-state index in [1.165, 1.54) is 42.9 Å². The molecule has 6 rings (SSSR count). The van der Waals surface area contributed by atoms with Gasteiger partial charge in [0, 0.05) is 11.5 Å². The average Bonchev–Trinajstić information content (AvgIpc) is 3.05. The molecule has 256 valence electrons. The maximum absolute atomic E-state index is 15.7. The highest BCUT2D eigenvalue weighted by Gasteiger charge is 2.25. The lowest BCUT2D eigenvalue weighted by atomic mass is 9.94. The van der Waals surface area contributed by atoms with Crippen molar-refractivity contribution in [1.29, 1.82) is 0 Å². The van der Waals surface area contributed by atoms with Gasteiger partial charge in [-0.15, -0.1) is 0 Å². The summed E-state index contributed by atoms with van der Waals surface area (Å²) in [6, 6.07) is 18.2. The predicted molar refractivity (Wildman–Crippen MR) is 179 cm³/mol. The molecule has 0 unspecified atom stereocenters. The molecule has 0 aliphatic rings. The maximum Gasteiger partial charge on any atom is 0.458 e. The lowest BCUT2D eigenvalue weighted by Gasteiger charge is -2.13. The zero-order chi connectivity index (χ0) is 35.7. The minimum Gasteiger partial charge on any atom is -0.207 e. The van der Waals surface area contributed by atoms with E-state index in [0.717, 1.165) is 47.7 Å². The molecule has 0 aromatic heterocycles. The van der Waals surface area contributed by atoms with Gasteiger partial charge < -0.3 is 0 Å². The van der Waals surface area contributed by atoms with Crippen molar-refractivity contribution in [3.05, 3.63) is 130 Å². The minimum atomic E-state index is -5.02. The van der Waals surface area contributed by atoms with E-state index in [4.69, 9.17) is 0 Å². The smallest absolute Gasteiger partial charge is 0.207 e. The van der Waals surface area contributed by atoms with Gasteiger partial charge in [0.25, 0.3) is 0 Å². The van der Waals surface area contributed by atoms with Crippen molar-refractivity contribution < 1.29 is 39.5 Å². The second-order valence-corrected chi connectivity index (χ2v) is 12.4. The van der Waals surface area contributed by atoms with Gasteiger partial charge in [-0.1, -0.05) is 68.5 Å². The quantitative estimate of drug-likeness (QED) is 0.0804. The number of unbranched alkanes of at least 4 members (excludes halogenated alkanes) is 3. The predicted octanol–water partition coefficient (Wildman–Crippen LogP) is 12.5. The van der Waals surface area contributed by atoms with E-state index in [1.807, 2.05) is 24.3 Å². The number of halogens is 9. The molecule has 0 N–H and O–H groups in total. The second kappa shape index (κ2) is 14.1. The normalized spacial score (nSPS) is 11.8. The molecule has 0 radical (unpaired) electrons. The van der Waals surface area contributed by atoms with Crippen LogP contribution in [0, 0.1) is 46.7 Å². The first kappa shape index (κ1) is 34.9. The van der Waals surface area contributed by atoms with Gasteiger partial charge in [-0.3, -0.25) is 0 Å². The topological polar surface area (TPSA) is 0 Å². The summed E-state index contributed by atoms with van der Waals surface area (Å²) in [5, 5.41) is 0.470. The molecule has 9 heteroatoms. The standard InChI is InChI=1S/C41H29F9/c1-2-3-4-5-6-23-7-9-26-18-27(11-10-25(26)15-23)28-19-30-22-33(42)31(39(46)38(30)36(45)20-28)12-8-24-16-29-21-34(43)32(13-14-41(48,49)50)40(47)37(29)35(44)17-24/h7,9-11,15-22H,2-6,8,12H2,1H3. The third-order valence-electron chi connectivity index (χ3n) is 8.87. The van der Waals surface area contributed by atoms with E-state index in [0.29, 0.717) is 17.2 Å². The molecule has 0 fully saturated rings. The zero-order valence-corrected chi connectivity index (χ0v) is 26.8. The highest BCUT2D eigenvalue weighted by atomic mass is 19.4. The SMILES string of the molecule is CCCCCCc1ccc2cc(-c3cc(F)c4c(F)c(CCc5cc(F)c6c(F)c(C#CC(F)(F)F)c(F)cc6c5)c(F)cc4c3)ccc2c1. The summed E-state index contributed by atoms with van der Waals surface area (Å²) in [5.41, 5.74) is 0.735. The van der Waals surface area contributed by atoms with Crippen LogP contribution in [0.2, 0.25) is 0 Å². The second-order valence-electron chi connectivity index (χ2n) is 12.4. The summed E-state index contributed by atoms with van der Waals surface area (Å²) in [7, 11) is 0. The van der Waals surface area contributed by atoms with Crippen LogP contribution < -0.4 is 0 Å². The van der Waals surface area contributed by atoms with Crippen molar-refractivity contribution in [2.24, 2.45) is 0 Å². The van der Waals surface area contributed by atoms with E-state index in [2.05, 4.69) is 19.1 Å². The third-order valence-corrected chi connectivity index (χ3v) is 8.87. The highest BCUT2D eigenvalue weighted by Crippen LogP contribution is 2.34. The molecule has 50 heavy (non-hydrogen) atoms. The number of benzene rings is 6. The van der Waals surface area contributed by atoms with Crippen molar-refractivity contribution in [2.45, 2.75) is 58.0 Å². The van der Waals surface area contributed by atoms with Crippen molar-refractivity contribution in [3.63, 3.8) is 0 Å². The van der Waals surface area contributed by atoms with Crippen LogP contribution in [0.3, 0.4) is 0 Å². The van der Waals surface area contributed by atoms with E-state index in [-0.39, 0.29) is 29.2 Å². The van der Waals surface area contributed by atoms with Gasteiger partial charge in [-0.05, 0) is 106 Å². The Hall–Kier alpha value is -4.97. The molecule has 0 aliphatic carbocycles. The molecule has 6 aromatic rings. The molecule has 0 amide bonds. The van der Waals surface area contributed by atoms with Crippen molar-refractivity contribution in [2.75, 3.05) is 0 Å². The molecule has 6 aromatic carbocycles. The molecule has 0 atom stereocenters. The van der Waals surface area contributed by atoms with Crippen LogP contribution in [0.4, 0.5) is 39.5 Å². The number of aryl methyl sites for hydroxylation is 2. The monoisotopic (exact) mass is 692 g/mol. The highest BCUT2D eigenvalue weighted by molar-refractivity contribution is 5.92. The Bertz CT molecular complexity index is 2320. The average molecular weight is 693 g/mol. The summed E-state index contributed by atoms with van der Waals surface area (Å²) in [5.74, 6) is -5.12. The largest absolute Gasteiger partial charge is 0.458 e. The van der Waals surface area contributed by atoms with Crippen LogP contribution in [0.25, 0.3) is 43.4 Å². The van der Waals surface area contributed by atoms with Crippen LogP contribution in [0.15, 0.2) is 72.8 Å². The van der Waals surface area contributed by atoms with E-state index in [1.54, 1.807) is 0 Å². The van der Waals surface area contributed by atoms with E-state index >= 15 is 13.2 Å². The first-order valence-corrected chi connectivity index (χ1v) is 16.2. The van der Waals surface area contributed by atoms with E-state index < -0.39 is 63.0 Å². The number of hydrogen-bond donors (Lipinski definition) is 0. The molecule has 0 spiro atoms. The van der Waals surface area contributed by atoms with Crippen molar-refractivity contribution in [1.82, 2.24) is 0 Å². The summed E-state index contributed by atoms with van der Waals surface area (Å²) >= 11 is 0. The number of hydrogen-bond acceptors (Lipinski definition) is 0. The van der Waals surface area contributed by atoms with Gasteiger partial charge in [0.2, 0.25) is 0 Å². The van der Waals surface area contributed by atoms with Gasteiger partial charge in [0.05, 0.1) is 16.3 Å². The Morgan fingerprint density at radius 2 is 1.16 bits per heavy atom. The molecule has 0 nitrogen and oxygen atoms in total. The Morgan fingerprint density at radius 3 is 1.92 bits per heavy atom. The fourth-order valence-electron chi connectivity index (χ4n) is 6.37. The van der Waals surface area contributed by atoms with Crippen molar-refractivity contribution in [3.8, 4) is 23.0 Å². The fourth-order valence-corrected chi connectivity index (χ4v) is 6.37. The van der Waals surface area contributed by atoms with Crippen LogP contribution in [0.5, 0.6) is 0 Å². The van der Waals surface area contributed by atoms with Crippen molar-refractivity contribution >= 4 is 32.3 Å². The van der Waals surface area contributed by atoms with E-state index in [9.17, 15) is 26.3 Å². The molecule has 0 saturated carbocycles. The van der Waals surface area contributed by atoms with Gasteiger partial charge in [-0.2, -0.15) is 13.2 Å². The summed E-state index contributed by atoms with van der Waals surface area (Å²) < 4.78 is 128. The van der Waals surface area contributed by atoms with Crippen LogP contribution in [-0.4, -0.2) is 6.18 Å². The Kier molecular flexibility index (Phi) is 9.84. The Balaban J connectivity index is 1.26. The third kappa shape index (κ3) is 7.30. The van der Waals surface area contributed by atoms with Crippen LogP contribution in [-0.2, 0) is 19.3 Å². The molecule has 0 aliphatic heterocycles. The molecule has 0 saturated heterocycles. The summed E-state index contributed by atoms with van der Waals surface area (Å²) in [6.45, 7) is 2.17. The first-order chi connectivity index (χ1) is 23.8. The minimum absolute atomic E-state index is 0.00778. The summed E-state index contributed by atoms with van der Waals surface area (Å²) in [4.78, 5) is 0. The van der Waals surface area contributed by atoms with Gasteiger partial charge >= 0.3 is 6.18 Å². The van der Waals surface area contributed by atoms with Crippen LogP contribution in [0.1, 0.15) is 54.9 Å². The molecular weight excluding hydrogens is 663 g/mol. The lowest BCUT2D eigenvalue weighted by Crippen LogP contribution is -2.04. The van der Waals surface area contributed by atoms with Gasteiger partial charge in [-0.25, -0.2) is 26.3 Å². The Morgan fingerprint density at radius 1 is 0.520 bits per heavy atom. The number of rotatable bonds is 9. The fraction of sp³-hybridized carbons (Fsp3) is 0.220. The lowest BCUT2D eigenvalue weighted by molar-refractivity contribution is -0.0696. The Labute approximate surface area is 282 Å². The molecule has 0 heterocycles. The summed E-state index contributed by atoms with van der Waals surface area (Å²) in [6.07, 6.45) is 0.0629.